The summed E-state index contributed by atoms with van der Waals surface area (Å²) in [6.45, 7) is 1.55. The summed E-state index contributed by atoms with van der Waals surface area (Å²) in [5, 5.41) is 0.359. The number of benzene rings is 2. The summed E-state index contributed by atoms with van der Waals surface area (Å²) < 4.78 is 27.0. The molecule has 1 heterocycles. The number of halogens is 1. The normalized spacial score (nSPS) is 15.5. The summed E-state index contributed by atoms with van der Waals surface area (Å²) >= 11 is 5.85. The Bertz CT molecular complexity index is 895. The topological polar surface area (TPSA) is 66.5 Å². The molecule has 2 aromatic carbocycles. The number of carbonyl (C=O) groups excluding carboxylic acids is 1. The Kier molecular flexibility index (Phi) is 7.10. The van der Waals surface area contributed by atoms with Crippen LogP contribution in [0, 0.1) is 5.92 Å². The number of carbonyl (C=O) groups is 1. The van der Waals surface area contributed by atoms with Crippen LogP contribution >= 0.6 is 11.6 Å². The second-order valence-electron chi connectivity index (χ2n) is 7.12. The van der Waals surface area contributed by atoms with Gasteiger partial charge in [-0.3, -0.25) is 4.79 Å². The van der Waals surface area contributed by atoms with Crippen LogP contribution in [0.25, 0.3) is 0 Å². The fourth-order valence-electron chi connectivity index (χ4n) is 3.50. The summed E-state index contributed by atoms with van der Waals surface area (Å²) in [5.74, 6) is 0.583. The fraction of sp³-hybridized carbons (Fsp3) is 0.381. The number of nitrogens with one attached hydrogen (secondary N) is 1. The second kappa shape index (κ2) is 9.54. The molecule has 1 amide bonds. The first-order valence-electron chi connectivity index (χ1n) is 9.51. The molecule has 0 bridgehead atoms. The van der Waals surface area contributed by atoms with Gasteiger partial charge in [-0.1, -0.05) is 48.0 Å². The maximum absolute atomic E-state index is 12.4. The van der Waals surface area contributed by atoms with Crippen LogP contribution in [-0.2, 0) is 21.2 Å². The van der Waals surface area contributed by atoms with Gasteiger partial charge in [-0.05, 0) is 48.9 Å². The minimum absolute atomic E-state index is 0.00745. The highest BCUT2D eigenvalue weighted by molar-refractivity contribution is 7.89. The van der Waals surface area contributed by atoms with Crippen molar-refractivity contribution in [3.63, 3.8) is 0 Å². The first-order chi connectivity index (χ1) is 13.4. The number of amides is 1. The van der Waals surface area contributed by atoms with Gasteiger partial charge in [-0.15, -0.1) is 0 Å². The maximum Gasteiger partial charge on any atom is 0.240 e. The quantitative estimate of drug-likeness (QED) is 0.745. The first kappa shape index (κ1) is 20.8. The molecule has 1 saturated heterocycles. The first-order valence-corrected chi connectivity index (χ1v) is 11.4. The number of hydrogen-bond acceptors (Lipinski definition) is 3. The van der Waals surface area contributed by atoms with E-state index in [1.807, 2.05) is 11.0 Å². The van der Waals surface area contributed by atoms with Gasteiger partial charge in [0.05, 0.1) is 4.90 Å². The van der Waals surface area contributed by atoms with Crippen molar-refractivity contribution in [2.75, 3.05) is 19.6 Å². The zero-order valence-electron chi connectivity index (χ0n) is 15.7. The SMILES string of the molecule is O=C(CCNS(=O)(=O)c1cccc(Cl)c1)N1CCC(Cc2ccccc2)CC1. The lowest BCUT2D eigenvalue weighted by Crippen LogP contribution is -2.40. The average molecular weight is 421 g/mol. The Morgan fingerprint density at radius 2 is 1.79 bits per heavy atom. The summed E-state index contributed by atoms with van der Waals surface area (Å²) in [4.78, 5) is 14.4. The Balaban J connectivity index is 1.42. The van der Waals surface area contributed by atoms with Crippen molar-refractivity contribution < 1.29 is 13.2 Å². The molecular formula is C21H25ClN2O3S. The van der Waals surface area contributed by atoms with Crippen molar-refractivity contribution in [1.82, 2.24) is 9.62 Å². The minimum Gasteiger partial charge on any atom is -0.343 e. The van der Waals surface area contributed by atoms with Gasteiger partial charge in [0, 0.05) is 31.1 Å². The molecule has 1 N–H and O–H groups in total. The van der Waals surface area contributed by atoms with Crippen molar-refractivity contribution in [3.8, 4) is 0 Å². The Morgan fingerprint density at radius 3 is 2.46 bits per heavy atom. The van der Waals surface area contributed by atoms with Gasteiger partial charge in [0.25, 0.3) is 0 Å². The van der Waals surface area contributed by atoms with Crippen LogP contribution in [0.5, 0.6) is 0 Å². The lowest BCUT2D eigenvalue weighted by Gasteiger charge is -2.32. The predicted octanol–water partition coefficient (Wildman–Crippen LogP) is 3.49. The average Bonchev–Trinajstić information content (AvgIpc) is 2.69. The van der Waals surface area contributed by atoms with E-state index in [9.17, 15) is 13.2 Å². The monoisotopic (exact) mass is 420 g/mol. The standard InChI is InChI=1S/C21H25ClN2O3S/c22-19-7-4-8-20(16-19)28(26,27)23-12-9-21(25)24-13-10-18(11-14-24)15-17-5-2-1-3-6-17/h1-8,16,18,23H,9-15H2. The van der Waals surface area contributed by atoms with E-state index in [4.69, 9.17) is 11.6 Å². The molecule has 0 unspecified atom stereocenters. The van der Waals surface area contributed by atoms with Crippen molar-refractivity contribution in [3.05, 3.63) is 65.2 Å². The van der Waals surface area contributed by atoms with E-state index in [1.54, 1.807) is 12.1 Å². The van der Waals surface area contributed by atoms with E-state index in [2.05, 4.69) is 29.0 Å². The molecule has 7 heteroatoms. The van der Waals surface area contributed by atoms with Crippen LogP contribution in [0.15, 0.2) is 59.5 Å². The van der Waals surface area contributed by atoms with Gasteiger partial charge in [0.1, 0.15) is 0 Å². The fourth-order valence-corrected chi connectivity index (χ4v) is 4.83. The van der Waals surface area contributed by atoms with Crippen LogP contribution in [-0.4, -0.2) is 38.9 Å². The second-order valence-corrected chi connectivity index (χ2v) is 9.32. The van der Waals surface area contributed by atoms with Gasteiger partial charge < -0.3 is 4.90 Å². The Hall–Kier alpha value is -1.89. The largest absolute Gasteiger partial charge is 0.343 e. The number of piperidine rings is 1. The number of sulfonamides is 1. The molecule has 0 aromatic heterocycles. The molecule has 3 rings (SSSR count). The molecule has 1 aliphatic heterocycles. The van der Waals surface area contributed by atoms with Gasteiger partial charge in [-0.2, -0.15) is 0 Å². The van der Waals surface area contributed by atoms with Crippen LogP contribution in [0.3, 0.4) is 0 Å². The molecule has 5 nitrogen and oxygen atoms in total. The molecule has 0 atom stereocenters. The molecule has 1 fully saturated rings. The number of nitrogens with zero attached hydrogens (tertiary/aromatic N) is 1. The highest BCUT2D eigenvalue weighted by Crippen LogP contribution is 2.22. The van der Waals surface area contributed by atoms with Gasteiger partial charge in [0.15, 0.2) is 0 Å². The molecule has 2 aromatic rings. The van der Waals surface area contributed by atoms with E-state index in [0.29, 0.717) is 10.9 Å². The molecule has 1 aliphatic rings. The van der Waals surface area contributed by atoms with Crippen LogP contribution < -0.4 is 4.72 Å². The van der Waals surface area contributed by atoms with E-state index >= 15 is 0 Å². The zero-order chi connectivity index (χ0) is 20.0. The molecular weight excluding hydrogens is 396 g/mol. The molecule has 0 radical (unpaired) electrons. The van der Waals surface area contributed by atoms with E-state index in [1.165, 1.54) is 17.7 Å². The Labute approximate surface area is 171 Å². The van der Waals surface area contributed by atoms with Gasteiger partial charge in [0.2, 0.25) is 15.9 Å². The molecule has 150 valence electrons. The highest BCUT2D eigenvalue weighted by atomic mass is 35.5. The van der Waals surface area contributed by atoms with E-state index < -0.39 is 10.0 Å². The lowest BCUT2D eigenvalue weighted by molar-refractivity contribution is -0.132. The highest BCUT2D eigenvalue weighted by Gasteiger charge is 2.23. The zero-order valence-corrected chi connectivity index (χ0v) is 17.3. The summed E-state index contributed by atoms with van der Waals surface area (Å²) in [6, 6.07) is 16.5. The van der Waals surface area contributed by atoms with Crippen molar-refractivity contribution >= 4 is 27.5 Å². The van der Waals surface area contributed by atoms with E-state index in [-0.39, 0.29) is 23.8 Å². The smallest absolute Gasteiger partial charge is 0.240 e. The summed E-state index contributed by atoms with van der Waals surface area (Å²) in [6.07, 6.45) is 3.16. The van der Waals surface area contributed by atoms with Crippen molar-refractivity contribution in [1.29, 1.82) is 0 Å². The molecule has 0 saturated carbocycles. The molecule has 0 spiro atoms. The summed E-state index contributed by atoms with van der Waals surface area (Å²) in [5.41, 5.74) is 1.34. The third-order valence-corrected chi connectivity index (χ3v) is 6.77. The number of hydrogen-bond donors (Lipinski definition) is 1. The Morgan fingerprint density at radius 1 is 1.07 bits per heavy atom. The van der Waals surface area contributed by atoms with Crippen LogP contribution in [0.1, 0.15) is 24.8 Å². The number of rotatable bonds is 7. The van der Waals surface area contributed by atoms with E-state index in [0.717, 1.165) is 32.4 Å². The van der Waals surface area contributed by atoms with Crippen molar-refractivity contribution in [2.24, 2.45) is 5.92 Å². The maximum atomic E-state index is 12.4. The predicted molar refractivity (Wildman–Crippen MR) is 111 cm³/mol. The lowest BCUT2D eigenvalue weighted by atomic mass is 9.90. The van der Waals surface area contributed by atoms with Gasteiger partial charge in [-0.25, -0.2) is 13.1 Å². The minimum atomic E-state index is -3.66. The third kappa shape index (κ3) is 5.80. The molecule has 28 heavy (non-hydrogen) atoms. The van der Waals surface area contributed by atoms with Crippen LogP contribution in [0.4, 0.5) is 0 Å². The molecule has 0 aliphatic carbocycles. The summed E-state index contributed by atoms with van der Waals surface area (Å²) in [7, 11) is -3.66. The van der Waals surface area contributed by atoms with Gasteiger partial charge >= 0.3 is 0 Å². The van der Waals surface area contributed by atoms with Crippen molar-refractivity contribution in [2.45, 2.75) is 30.6 Å². The number of likely N-dealkylation sites (tertiary alicyclic amines) is 1. The van der Waals surface area contributed by atoms with Crippen LogP contribution in [0.2, 0.25) is 5.02 Å². The third-order valence-electron chi connectivity index (χ3n) is 5.07.